The van der Waals surface area contributed by atoms with Gasteiger partial charge in [0.15, 0.2) is 10.8 Å². The molecule has 3 aromatic heterocycles. The highest BCUT2D eigenvalue weighted by Gasteiger charge is 2.16. The van der Waals surface area contributed by atoms with Crippen LogP contribution in [0.5, 0.6) is 0 Å². The molecule has 0 atom stereocenters. The molecule has 0 saturated carbocycles. The zero-order valence-corrected chi connectivity index (χ0v) is 12.9. The van der Waals surface area contributed by atoms with E-state index in [0.29, 0.717) is 5.82 Å². The van der Waals surface area contributed by atoms with Gasteiger partial charge in [0.1, 0.15) is 5.69 Å². The van der Waals surface area contributed by atoms with Crippen LogP contribution in [0.3, 0.4) is 0 Å². The predicted molar refractivity (Wildman–Crippen MR) is 82.8 cm³/mol. The van der Waals surface area contributed by atoms with E-state index in [1.54, 1.807) is 23.1 Å². The summed E-state index contributed by atoms with van der Waals surface area (Å²) in [5.74, 6) is 0.698. The summed E-state index contributed by atoms with van der Waals surface area (Å²) in [4.78, 5) is 9.04. The van der Waals surface area contributed by atoms with Gasteiger partial charge < -0.3 is 0 Å². The van der Waals surface area contributed by atoms with E-state index in [1.807, 2.05) is 24.3 Å². The maximum Gasteiger partial charge on any atom is 0.235 e. The van der Waals surface area contributed by atoms with Crippen LogP contribution in [0.1, 0.15) is 0 Å². The Hall–Kier alpha value is -2.19. The van der Waals surface area contributed by atoms with Crippen LogP contribution in [0.25, 0.3) is 27.1 Å². The third-order valence-electron chi connectivity index (χ3n) is 2.89. The minimum absolute atomic E-state index is 0.698. The van der Waals surface area contributed by atoms with Crippen LogP contribution in [-0.2, 0) is 0 Å². The zero-order chi connectivity index (χ0) is 14.2. The molecule has 6 nitrogen and oxygen atoms in total. The van der Waals surface area contributed by atoms with Crippen molar-refractivity contribution in [3.63, 3.8) is 0 Å². The average molecular weight is 359 g/mol. The topological polar surface area (TPSA) is 68.9 Å². The Bertz CT molecular complexity index is 917. The fraction of sp³-hybridized carbons (Fsp3) is 0. The van der Waals surface area contributed by atoms with Crippen LogP contribution < -0.4 is 0 Å². The molecule has 0 aliphatic carbocycles. The summed E-state index contributed by atoms with van der Waals surface area (Å²) < 4.78 is 2.68. The number of halogens is 1. The molecule has 102 valence electrons. The number of hydrogen-bond acceptors (Lipinski definition) is 6. The Balaban J connectivity index is 1.90. The summed E-state index contributed by atoms with van der Waals surface area (Å²) in [6.07, 6.45) is 4.96. The summed E-state index contributed by atoms with van der Waals surface area (Å²) in [7, 11) is 0. The lowest BCUT2D eigenvalue weighted by atomic mass is 10.2. The van der Waals surface area contributed by atoms with Gasteiger partial charge in [0.25, 0.3) is 0 Å². The number of fused-ring (bicyclic) bond motifs is 1. The molecule has 0 amide bonds. The molecule has 0 saturated heterocycles. The molecule has 0 unspecified atom stereocenters. The van der Waals surface area contributed by atoms with Gasteiger partial charge in [-0.05, 0) is 12.1 Å². The molecule has 3 heterocycles. The Labute approximate surface area is 131 Å². The predicted octanol–water partition coefficient (Wildman–Crippen LogP) is 3.07. The largest absolute Gasteiger partial charge is 0.261 e. The van der Waals surface area contributed by atoms with E-state index in [2.05, 4.69) is 41.2 Å². The summed E-state index contributed by atoms with van der Waals surface area (Å²) in [5, 5.41) is 13.7. The smallest absolute Gasteiger partial charge is 0.235 e. The van der Waals surface area contributed by atoms with Crippen molar-refractivity contribution in [1.82, 2.24) is 29.8 Å². The standard InChI is InChI=1S/C13H7BrN6S/c14-9-4-2-1-3-8(9)11-17-18-13-20(11)19-12(21-13)10-7-15-5-6-16-10/h1-7H. The van der Waals surface area contributed by atoms with E-state index in [0.717, 1.165) is 25.7 Å². The number of benzene rings is 1. The van der Waals surface area contributed by atoms with Gasteiger partial charge in [-0.25, -0.2) is 0 Å². The monoisotopic (exact) mass is 358 g/mol. The lowest BCUT2D eigenvalue weighted by Crippen LogP contribution is -1.92. The van der Waals surface area contributed by atoms with Crippen molar-refractivity contribution in [3.8, 4) is 22.1 Å². The van der Waals surface area contributed by atoms with Crippen molar-refractivity contribution in [2.45, 2.75) is 0 Å². The summed E-state index contributed by atoms with van der Waals surface area (Å²) in [6.45, 7) is 0. The molecule has 21 heavy (non-hydrogen) atoms. The van der Waals surface area contributed by atoms with E-state index in [-0.39, 0.29) is 0 Å². The van der Waals surface area contributed by atoms with E-state index < -0.39 is 0 Å². The van der Waals surface area contributed by atoms with Crippen molar-refractivity contribution in [2.75, 3.05) is 0 Å². The first-order valence-electron chi connectivity index (χ1n) is 6.06. The van der Waals surface area contributed by atoms with Gasteiger partial charge in [0, 0.05) is 22.4 Å². The highest BCUT2D eigenvalue weighted by Crippen LogP contribution is 2.30. The molecule has 0 radical (unpaired) electrons. The van der Waals surface area contributed by atoms with Crippen LogP contribution >= 0.6 is 27.3 Å². The molecule has 0 aliphatic heterocycles. The number of hydrogen-bond donors (Lipinski definition) is 0. The SMILES string of the molecule is Brc1ccccc1-c1nnc2sc(-c3cnccn3)nn12. The fourth-order valence-corrected chi connectivity index (χ4v) is 3.20. The normalized spacial score (nSPS) is 11.1. The first kappa shape index (κ1) is 12.5. The highest BCUT2D eigenvalue weighted by molar-refractivity contribution is 9.10. The van der Waals surface area contributed by atoms with Crippen LogP contribution in [0, 0.1) is 0 Å². The number of aromatic nitrogens is 6. The average Bonchev–Trinajstić information content (AvgIpc) is 3.09. The molecule has 0 aliphatic rings. The van der Waals surface area contributed by atoms with E-state index >= 15 is 0 Å². The van der Waals surface area contributed by atoms with Gasteiger partial charge in [-0.1, -0.05) is 39.4 Å². The Morgan fingerprint density at radius 3 is 2.81 bits per heavy atom. The fourth-order valence-electron chi connectivity index (χ4n) is 1.94. The molecule has 4 rings (SSSR count). The van der Waals surface area contributed by atoms with Crippen LogP contribution in [0.4, 0.5) is 0 Å². The summed E-state index contributed by atoms with van der Waals surface area (Å²) >= 11 is 4.96. The minimum Gasteiger partial charge on any atom is -0.261 e. The lowest BCUT2D eigenvalue weighted by Gasteiger charge is -1.99. The van der Waals surface area contributed by atoms with Gasteiger partial charge in [-0.3, -0.25) is 9.97 Å². The number of nitrogens with zero attached hydrogens (tertiary/aromatic N) is 6. The van der Waals surface area contributed by atoms with Crippen LogP contribution in [0.2, 0.25) is 0 Å². The summed E-state index contributed by atoms with van der Waals surface area (Å²) in [6, 6.07) is 7.85. The second kappa shape index (κ2) is 4.97. The lowest BCUT2D eigenvalue weighted by molar-refractivity contribution is 0.964. The van der Waals surface area contributed by atoms with E-state index in [1.165, 1.54) is 11.3 Å². The van der Waals surface area contributed by atoms with Crippen molar-refractivity contribution < 1.29 is 0 Å². The van der Waals surface area contributed by atoms with Gasteiger partial charge in [-0.15, -0.1) is 10.2 Å². The third kappa shape index (κ3) is 2.12. The maximum absolute atomic E-state index is 4.55. The first-order chi connectivity index (χ1) is 10.3. The van der Waals surface area contributed by atoms with Crippen molar-refractivity contribution in [2.24, 2.45) is 0 Å². The van der Waals surface area contributed by atoms with Gasteiger partial charge in [0.2, 0.25) is 4.96 Å². The maximum atomic E-state index is 4.55. The van der Waals surface area contributed by atoms with E-state index in [9.17, 15) is 0 Å². The van der Waals surface area contributed by atoms with Gasteiger partial charge in [0.05, 0.1) is 6.20 Å². The number of rotatable bonds is 2. The van der Waals surface area contributed by atoms with Crippen molar-refractivity contribution in [3.05, 3.63) is 47.3 Å². The van der Waals surface area contributed by atoms with Crippen molar-refractivity contribution in [1.29, 1.82) is 0 Å². The highest BCUT2D eigenvalue weighted by atomic mass is 79.9. The Kier molecular flexibility index (Phi) is 2.97. The van der Waals surface area contributed by atoms with Crippen LogP contribution in [-0.4, -0.2) is 29.8 Å². The Morgan fingerprint density at radius 1 is 1.10 bits per heavy atom. The molecule has 0 spiro atoms. The molecule has 0 N–H and O–H groups in total. The van der Waals surface area contributed by atoms with Crippen molar-refractivity contribution >= 4 is 32.2 Å². The third-order valence-corrected chi connectivity index (χ3v) is 4.50. The molecule has 1 aromatic carbocycles. The van der Waals surface area contributed by atoms with E-state index in [4.69, 9.17) is 0 Å². The molecule has 8 heteroatoms. The zero-order valence-electron chi connectivity index (χ0n) is 10.5. The second-order valence-electron chi connectivity index (χ2n) is 4.20. The molecule has 0 fully saturated rings. The minimum atomic E-state index is 0.698. The quantitative estimate of drug-likeness (QED) is 0.550. The Morgan fingerprint density at radius 2 is 2.00 bits per heavy atom. The first-order valence-corrected chi connectivity index (χ1v) is 7.67. The summed E-state index contributed by atoms with van der Waals surface area (Å²) in [5.41, 5.74) is 1.67. The molecule has 0 bridgehead atoms. The molecular weight excluding hydrogens is 352 g/mol. The van der Waals surface area contributed by atoms with Gasteiger partial charge >= 0.3 is 0 Å². The molecular formula is C13H7BrN6S. The second-order valence-corrected chi connectivity index (χ2v) is 6.01. The molecule has 4 aromatic rings. The van der Waals surface area contributed by atoms with Crippen LogP contribution in [0.15, 0.2) is 47.3 Å². The van der Waals surface area contributed by atoms with Gasteiger partial charge in [-0.2, -0.15) is 9.61 Å².